The highest BCUT2D eigenvalue weighted by molar-refractivity contribution is 5.06. The van der Waals surface area contributed by atoms with E-state index in [1.165, 1.54) is 38.6 Å². The summed E-state index contributed by atoms with van der Waals surface area (Å²) in [4.78, 5) is 0. The Hall–Kier alpha value is -0.300. The van der Waals surface area contributed by atoms with Gasteiger partial charge in [-0.2, -0.15) is 0 Å². The first-order valence-electron chi connectivity index (χ1n) is 8.86. The van der Waals surface area contributed by atoms with Gasteiger partial charge in [-0.3, -0.25) is 0 Å². The predicted molar refractivity (Wildman–Crippen MR) is 88.8 cm³/mol. The maximum atomic E-state index is 3.97. The van der Waals surface area contributed by atoms with Gasteiger partial charge in [0.15, 0.2) is 0 Å². The number of allylic oxidation sites excluding steroid dienone is 2. The second kappa shape index (κ2) is 7.11. The Balaban J connectivity index is 1.86. The van der Waals surface area contributed by atoms with Gasteiger partial charge in [-0.25, -0.2) is 0 Å². The molecule has 20 heavy (non-hydrogen) atoms. The minimum atomic E-state index is 0.764. The topological polar surface area (TPSA) is 12.0 Å². The lowest BCUT2D eigenvalue weighted by Crippen LogP contribution is -2.45. The molecule has 1 saturated carbocycles. The fraction of sp³-hybridized carbons (Fsp3) is 0.895. The molecule has 0 radical (unpaired) electrons. The average molecular weight is 277 g/mol. The van der Waals surface area contributed by atoms with E-state index in [4.69, 9.17) is 0 Å². The van der Waals surface area contributed by atoms with Gasteiger partial charge in [-0.05, 0) is 68.7 Å². The van der Waals surface area contributed by atoms with E-state index in [0.29, 0.717) is 0 Å². The van der Waals surface area contributed by atoms with Gasteiger partial charge in [0.2, 0.25) is 0 Å². The molecule has 0 saturated heterocycles. The summed E-state index contributed by atoms with van der Waals surface area (Å²) in [5.41, 5.74) is 1.60. The molecule has 0 aromatic carbocycles. The van der Waals surface area contributed by atoms with E-state index in [1.54, 1.807) is 5.57 Å². The average Bonchev–Trinajstić information content (AvgIpc) is 2.35. The van der Waals surface area contributed by atoms with Crippen molar-refractivity contribution in [2.75, 3.05) is 6.54 Å². The van der Waals surface area contributed by atoms with Gasteiger partial charge in [0.25, 0.3) is 0 Å². The summed E-state index contributed by atoms with van der Waals surface area (Å²) in [7, 11) is 0. The molecule has 0 aromatic rings. The molecule has 1 nitrogen and oxygen atoms in total. The summed E-state index contributed by atoms with van der Waals surface area (Å²) in [5, 5.41) is 3.97. The molecule has 116 valence electrons. The van der Waals surface area contributed by atoms with Crippen LogP contribution in [-0.2, 0) is 0 Å². The van der Waals surface area contributed by atoms with Crippen LogP contribution >= 0.6 is 0 Å². The molecular weight excluding hydrogens is 242 g/mol. The van der Waals surface area contributed by atoms with Crippen LogP contribution in [-0.4, -0.2) is 12.6 Å². The zero-order valence-electron chi connectivity index (χ0n) is 14.3. The minimum Gasteiger partial charge on any atom is -0.313 e. The second-order valence-electron chi connectivity index (χ2n) is 8.14. The highest BCUT2D eigenvalue weighted by Gasteiger charge is 2.31. The van der Waals surface area contributed by atoms with Crippen LogP contribution in [0.15, 0.2) is 11.6 Å². The van der Waals surface area contributed by atoms with Crippen molar-refractivity contribution in [2.45, 2.75) is 72.8 Å². The molecule has 2 aliphatic rings. The van der Waals surface area contributed by atoms with E-state index >= 15 is 0 Å². The van der Waals surface area contributed by atoms with Crippen LogP contribution in [0.4, 0.5) is 0 Å². The lowest BCUT2D eigenvalue weighted by atomic mass is 9.73. The smallest absolute Gasteiger partial charge is 0.0100 e. The van der Waals surface area contributed by atoms with Crippen LogP contribution in [0.1, 0.15) is 66.7 Å². The van der Waals surface area contributed by atoms with Crippen LogP contribution < -0.4 is 5.32 Å². The largest absolute Gasteiger partial charge is 0.313 e. The molecule has 0 amide bonds. The van der Waals surface area contributed by atoms with Crippen LogP contribution in [0.5, 0.6) is 0 Å². The van der Waals surface area contributed by atoms with Gasteiger partial charge >= 0.3 is 0 Å². The highest BCUT2D eigenvalue weighted by Crippen LogP contribution is 2.34. The van der Waals surface area contributed by atoms with E-state index in [0.717, 1.165) is 35.6 Å². The molecule has 1 fully saturated rings. The molecule has 1 heteroatoms. The molecule has 5 atom stereocenters. The molecule has 0 aliphatic heterocycles. The molecule has 0 bridgehead atoms. The molecule has 2 rings (SSSR count). The second-order valence-corrected chi connectivity index (χ2v) is 8.14. The first kappa shape index (κ1) is 16.1. The fourth-order valence-corrected chi connectivity index (χ4v) is 4.60. The first-order chi connectivity index (χ1) is 9.45. The van der Waals surface area contributed by atoms with Gasteiger partial charge in [-0.15, -0.1) is 0 Å². The van der Waals surface area contributed by atoms with Crippen LogP contribution in [0.2, 0.25) is 0 Å². The van der Waals surface area contributed by atoms with E-state index in [2.05, 4.69) is 46.0 Å². The van der Waals surface area contributed by atoms with Gasteiger partial charge in [0.05, 0.1) is 0 Å². The van der Waals surface area contributed by atoms with E-state index in [9.17, 15) is 0 Å². The van der Waals surface area contributed by atoms with Crippen molar-refractivity contribution in [1.82, 2.24) is 5.32 Å². The number of nitrogens with one attached hydrogen (secondary N) is 1. The van der Waals surface area contributed by atoms with Crippen molar-refractivity contribution in [3.63, 3.8) is 0 Å². The number of rotatable bonds is 4. The summed E-state index contributed by atoms with van der Waals surface area (Å²) >= 11 is 0. The van der Waals surface area contributed by atoms with Crippen LogP contribution in [0.25, 0.3) is 0 Å². The van der Waals surface area contributed by atoms with Gasteiger partial charge in [-0.1, -0.05) is 45.8 Å². The van der Waals surface area contributed by atoms with E-state index in [1.807, 2.05) is 0 Å². The standard InChI is InChI=1S/C19H35N/c1-13(2)18-7-6-14(3)11-19(18)20-12-17-9-15(4)8-16(5)10-17/h8,13-15,17-20H,6-7,9-12H2,1-5H3. The monoisotopic (exact) mass is 277 g/mol. The molecular formula is C19H35N. The maximum absolute atomic E-state index is 3.97. The van der Waals surface area contributed by atoms with Crippen molar-refractivity contribution >= 4 is 0 Å². The summed E-state index contributed by atoms with van der Waals surface area (Å²) in [6.45, 7) is 13.2. The third-order valence-corrected chi connectivity index (χ3v) is 5.58. The van der Waals surface area contributed by atoms with Crippen molar-refractivity contribution in [3.8, 4) is 0 Å². The van der Waals surface area contributed by atoms with Gasteiger partial charge < -0.3 is 5.32 Å². The van der Waals surface area contributed by atoms with Crippen molar-refractivity contribution in [2.24, 2.45) is 29.6 Å². The normalized spacial score (nSPS) is 38.9. The maximum Gasteiger partial charge on any atom is 0.0100 e. The zero-order valence-corrected chi connectivity index (χ0v) is 14.3. The Kier molecular flexibility index (Phi) is 5.72. The Labute approximate surface area is 126 Å². The zero-order chi connectivity index (χ0) is 14.7. The predicted octanol–water partition coefficient (Wildman–Crippen LogP) is 5.03. The Bertz CT molecular complexity index is 331. The van der Waals surface area contributed by atoms with Gasteiger partial charge in [0.1, 0.15) is 0 Å². The Morgan fingerprint density at radius 2 is 1.95 bits per heavy atom. The summed E-state index contributed by atoms with van der Waals surface area (Å²) in [5.74, 6) is 4.27. The van der Waals surface area contributed by atoms with Gasteiger partial charge in [0, 0.05) is 6.04 Å². The molecule has 0 aromatic heterocycles. The lowest BCUT2D eigenvalue weighted by Gasteiger charge is -2.39. The van der Waals surface area contributed by atoms with E-state index in [-0.39, 0.29) is 0 Å². The molecule has 0 spiro atoms. The third kappa shape index (κ3) is 4.35. The van der Waals surface area contributed by atoms with E-state index < -0.39 is 0 Å². The molecule has 5 unspecified atom stereocenters. The fourth-order valence-electron chi connectivity index (χ4n) is 4.60. The number of hydrogen-bond acceptors (Lipinski definition) is 1. The quantitative estimate of drug-likeness (QED) is 0.711. The Morgan fingerprint density at radius 1 is 1.20 bits per heavy atom. The lowest BCUT2D eigenvalue weighted by molar-refractivity contribution is 0.163. The summed E-state index contributed by atoms with van der Waals surface area (Å²) in [6, 6.07) is 0.764. The van der Waals surface area contributed by atoms with Crippen molar-refractivity contribution in [3.05, 3.63) is 11.6 Å². The van der Waals surface area contributed by atoms with Crippen molar-refractivity contribution < 1.29 is 0 Å². The first-order valence-corrected chi connectivity index (χ1v) is 8.86. The number of hydrogen-bond donors (Lipinski definition) is 1. The van der Waals surface area contributed by atoms with Crippen LogP contribution in [0, 0.1) is 29.6 Å². The summed E-state index contributed by atoms with van der Waals surface area (Å²) in [6.07, 6.45) is 9.40. The van der Waals surface area contributed by atoms with Crippen LogP contribution in [0.3, 0.4) is 0 Å². The summed E-state index contributed by atoms with van der Waals surface area (Å²) < 4.78 is 0. The Morgan fingerprint density at radius 3 is 2.60 bits per heavy atom. The molecule has 1 N–H and O–H groups in total. The highest BCUT2D eigenvalue weighted by atomic mass is 14.9. The third-order valence-electron chi connectivity index (χ3n) is 5.58. The minimum absolute atomic E-state index is 0.764. The molecule has 2 aliphatic carbocycles. The molecule has 0 heterocycles. The SMILES string of the molecule is CC1=CC(C)CC(CNC2CC(C)CCC2C(C)C)C1. The van der Waals surface area contributed by atoms with Crippen molar-refractivity contribution in [1.29, 1.82) is 0 Å².